The van der Waals surface area contributed by atoms with E-state index >= 15 is 0 Å². The van der Waals surface area contributed by atoms with Gasteiger partial charge in [-0.25, -0.2) is 4.57 Å². The normalized spacial score (nSPS) is 14.5. The molecule has 0 aromatic heterocycles. The number of carboxylic acid groups (broad SMARTS) is 1. The first-order chi connectivity index (χ1) is 31.7. The first-order valence-corrected chi connectivity index (χ1v) is 26.8. The molecule has 3 unspecified atom stereocenters. The lowest BCUT2D eigenvalue weighted by Gasteiger charge is -2.20. The molecule has 0 rings (SSSR count). The Hall–Kier alpha value is -3.11. The van der Waals surface area contributed by atoms with E-state index in [-0.39, 0.29) is 13.0 Å². The van der Waals surface area contributed by atoms with Gasteiger partial charge in [-0.15, -0.1) is 0 Å². The molecule has 0 aliphatic rings. The number of carboxylic acids is 1. The molecule has 0 aromatic rings. The lowest BCUT2D eigenvalue weighted by Crippen LogP contribution is -2.34. The molecule has 4 N–H and O–H groups in total. The highest BCUT2D eigenvalue weighted by Crippen LogP contribution is 2.43. The predicted molar refractivity (Wildman–Crippen MR) is 272 cm³/mol. The number of hydrogen-bond donors (Lipinski definition) is 3. The van der Waals surface area contributed by atoms with E-state index in [0.29, 0.717) is 13.0 Å². The Balaban J connectivity index is 4.19. The minimum absolute atomic E-state index is 0.00209. The summed E-state index contributed by atoms with van der Waals surface area (Å²) in [5.74, 6) is -1.79. The van der Waals surface area contributed by atoms with Gasteiger partial charge < -0.3 is 25.2 Å². The Labute approximate surface area is 396 Å². The van der Waals surface area contributed by atoms with Crippen LogP contribution in [0.3, 0.4) is 0 Å². The van der Waals surface area contributed by atoms with Crippen LogP contribution >= 0.6 is 7.82 Å². The van der Waals surface area contributed by atoms with Crippen LogP contribution in [0.4, 0.5) is 0 Å². The van der Waals surface area contributed by atoms with Gasteiger partial charge in [-0.3, -0.25) is 18.6 Å². The summed E-state index contributed by atoms with van der Waals surface area (Å²) in [5.41, 5.74) is 5.37. The maximum Gasteiger partial charge on any atom is 0.472 e. The number of unbranched alkanes of at least 4 members (excludes halogenated alkanes) is 17. The smallest absolute Gasteiger partial charge is 0.472 e. The minimum atomic E-state index is -4.63. The fraction of sp³-hybridized carbons (Fsp3) is 0.667. The van der Waals surface area contributed by atoms with Crippen molar-refractivity contribution in [3.05, 3.63) is 97.2 Å². The highest BCUT2D eigenvalue weighted by Gasteiger charge is 2.27. The molecule has 0 aliphatic heterocycles. The Morgan fingerprint density at radius 1 is 0.492 bits per heavy atom. The van der Waals surface area contributed by atoms with E-state index in [2.05, 4.69) is 111 Å². The molecule has 0 radical (unpaired) electrons. The lowest BCUT2D eigenvalue weighted by molar-refractivity contribution is -0.154. The van der Waals surface area contributed by atoms with Crippen molar-refractivity contribution in [3.63, 3.8) is 0 Å². The largest absolute Gasteiger partial charge is 0.480 e. The monoisotopic (exact) mass is 930 g/mol. The van der Waals surface area contributed by atoms with Gasteiger partial charge in [-0.2, -0.15) is 0 Å². The molecular formula is C54H92NO9P. The number of ether oxygens (including phenoxy) is 2. The third-order valence-corrected chi connectivity index (χ3v) is 11.3. The van der Waals surface area contributed by atoms with Crippen molar-refractivity contribution in [3.8, 4) is 0 Å². The minimum Gasteiger partial charge on any atom is -0.480 e. The van der Waals surface area contributed by atoms with Crippen LogP contribution in [0.1, 0.15) is 194 Å². The summed E-state index contributed by atoms with van der Waals surface area (Å²) in [7, 11) is -4.63. The van der Waals surface area contributed by atoms with Crippen molar-refractivity contribution < 1.29 is 42.7 Å². The lowest BCUT2D eigenvalue weighted by atomic mass is 10.0. The molecule has 65 heavy (non-hydrogen) atoms. The van der Waals surface area contributed by atoms with E-state index in [1.54, 1.807) is 0 Å². The van der Waals surface area contributed by atoms with Crippen molar-refractivity contribution in [2.45, 2.75) is 206 Å². The van der Waals surface area contributed by atoms with E-state index in [1.165, 1.54) is 64.2 Å². The number of phosphoric ester groups is 1. The Kier molecular flexibility index (Phi) is 46.5. The molecular weight excluding hydrogens is 838 g/mol. The summed E-state index contributed by atoms with van der Waals surface area (Å²) < 4.78 is 33.5. The van der Waals surface area contributed by atoms with Crippen molar-refractivity contribution in [2.24, 2.45) is 5.73 Å². The van der Waals surface area contributed by atoms with Gasteiger partial charge in [-0.05, 0) is 89.9 Å². The molecule has 0 saturated heterocycles. The van der Waals surface area contributed by atoms with Crippen molar-refractivity contribution in [2.75, 3.05) is 26.4 Å². The second-order valence-electron chi connectivity index (χ2n) is 16.5. The van der Waals surface area contributed by atoms with E-state index in [0.717, 1.165) is 103 Å². The van der Waals surface area contributed by atoms with Gasteiger partial charge in [0, 0.05) is 13.0 Å². The second kappa shape index (κ2) is 48.8. The van der Waals surface area contributed by atoms with Crippen LogP contribution < -0.4 is 5.73 Å². The second-order valence-corrected chi connectivity index (χ2v) is 18.0. The standard InChI is InChI=1S/C54H92NO9P/c1-3-5-7-9-11-13-15-17-19-21-23-25-26-27-28-30-32-34-36-38-40-42-44-46-53(56)64-51(49-62-65(59,60)63-50-52(55)54(57)58)48-61-47-45-43-41-39-37-35-33-31-29-24-22-20-18-16-14-12-10-8-6-4-2/h5-8,11-14,17-20,23-25,29,51-52H,3-4,9-10,15-16,21-22,26-28,30-50,55H2,1-2H3,(H,57,58)(H,59,60)/b7-5-,8-6-,13-11-,14-12-,19-17-,20-18-,25-23-,29-24-. The van der Waals surface area contributed by atoms with Crippen LogP contribution in [0.25, 0.3) is 0 Å². The van der Waals surface area contributed by atoms with Gasteiger partial charge >= 0.3 is 19.8 Å². The zero-order chi connectivity index (χ0) is 47.6. The van der Waals surface area contributed by atoms with Crippen LogP contribution in [-0.2, 0) is 32.7 Å². The number of carbonyl (C=O) groups excluding carboxylic acids is 1. The van der Waals surface area contributed by atoms with Crippen molar-refractivity contribution >= 4 is 19.8 Å². The third kappa shape index (κ3) is 48.6. The number of aliphatic carboxylic acids is 1. The Morgan fingerprint density at radius 2 is 0.846 bits per heavy atom. The zero-order valence-electron chi connectivity index (χ0n) is 40.8. The van der Waals surface area contributed by atoms with Gasteiger partial charge in [0.25, 0.3) is 0 Å². The van der Waals surface area contributed by atoms with Gasteiger partial charge in [0.1, 0.15) is 12.1 Å². The molecule has 3 atom stereocenters. The Bertz CT molecular complexity index is 1400. The van der Waals surface area contributed by atoms with E-state index < -0.39 is 45.1 Å². The van der Waals surface area contributed by atoms with Crippen LogP contribution in [0.15, 0.2) is 97.2 Å². The third-order valence-electron chi connectivity index (χ3n) is 10.4. The van der Waals surface area contributed by atoms with Crippen LogP contribution in [0.2, 0.25) is 0 Å². The van der Waals surface area contributed by atoms with Crippen LogP contribution in [-0.4, -0.2) is 60.5 Å². The van der Waals surface area contributed by atoms with Crippen LogP contribution in [0.5, 0.6) is 0 Å². The highest BCUT2D eigenvalue weighted by molar-refractivity contribution is 7.47. The predicted octanol–water partition coefficient (Wildman–Crippen LogP) is 14.9. The summed E-state index contributed by atoms with van der Waals surface area (Å²) in [5, 5.41) is 8.93. The molecule has 0 aromatic carbocycles. The number of allylic oxidation sites excluding steroid dienone is 16. The summed E-state index contributed by atoms with van der Waals surface area (Å²) in [6.07, 6.45) is 64.6. The number of hydrogen-bond acceptors (Lipinski definition) is 8. The average molecular weight is 930 g/mol. The fourth-order valence-electron chi connectivity index (χ4n) is 6.53. The van der Waals surface area contributed by atoms with E-state index in [4.69, 9.17) is 29.4 Å². The maximum absolute atomic E-state index is 12.7. The average Bonchev–Trinajstić information content (AvgIpc) is 3.29. The van der Waals surface area contributed by atoms with Crippen molar-refractivity contribution in [1.29, 1.82) is 0 Å². The van der Waals surface area contributed by atoms with E-state index in [1.807, 2.05) is 0 Å². The van der Waals surface area contributed by atoms with Crippen molar-refractivity contribution in [1.82, 2.24) is 0 Å². The number of phosphoric acid groups is 1. The molecule has 0 bridgehead atoms. The molecule has 372 valence electrons. The maximum atomic E-state index is 12.7. The van der Waals surface area contributed by atoms with Gasteiger partial charge in [0.15, 0.2) is 0 Å². The van der Waals surface area contributed by atoms with Gasteiger partial charge in [0.05, 0.1) is 19.8 Å². The summed E-state index contributed by atoms with van der Waals surface area (Å²) in [6, 6.07) is -1.48. The molecule has 0 spiro atoms. The summed E-state index contributed by atoms with van der Waals surface area (Å²) >= 11 is 0. The Morgan fingerprint density at radius 3 is 1.26 bits per heavy atom. The summed E-state index contributed by atoms with van der Waals surface area (Å²) in [6.45, 7) is 3.63. The molecule has 0 fully saturated rings. The first kappa shape index (κ1) is 61.9. The number of rotatable bonds is 47. The molecule has 0 heterocycles. The zero-order valence-corrected chi connectivity index (χ0v) is 41.7. The number of nitrogens with two attached hydrogens (primary N) is 1. The topological polar surface area (TPSA) is 155 Å². The van der Waals surface area contributed by atoms with Gasteiger partial charge in [-0.1, -0.05) is 195 Å². The summed E-state index contributed by atoms with van der Waals surface area (Å²) in [4.78, 5) is 33.7. The molecule has 0 saturated carbocycles. The SMILES string of the molecule is CC/C=C\C/C=C\C/C=C\C/C=C\CCCCCCCCCCCCC(=O)OC(COCCCCCCCCC/C=C\C/C=C\C/C=C\C/C=C\CC)COP(=O)(O)OCC(N)C(=O)O. The molecule has 0 amide bonds. The van der Waals surface area contributed by atoms with E-state index in [9.17, 15) is 19.0 Å². The quantitative estimate of drug-likeness (QED) is 0.0232. The first-order valence-electron chi connectivity index (χ1n) is 25.3. The number of carbonyl (C=O) groups is 2. The van der Waals surface area contributed by atoms with Gasteiger partial charge in [0.2, 0.25) is 0 Å². The molecule has 10 nitrogen and oxygen atoms in total. The fourth-order valence-corrected chi connectivity index (χ4v) is 7.31. The van der Waals surface area contributed by atoms with Crippen LogP contribution in [0, 0.1) is 0 Å². The molecule has 0 aliphatic carbocycles. The molecule has 11 heteroatoms. The number of esters is 1. The highest BCUT2D eigenvalue weighted by atomic mass is 31.2.